The lowest BCUT2D eigenvalue weighted by molar-refractivity contribution is -0.114. The maximum Gasteiger partial charge on any atom is 0.243 e. The minimum absolute atomic E-state index is 0.103. The highest BCUT2D eigenvalue weighted by molar-refractivity contribution is 7.89. The van der Waals surface area contributed by atoms with Gasteiger partial charge in [-0.15, -0.1) is 0 Å². The van der Waals surface area contributed by atoms with Crippen molar-refractivity contribution in [2.45, 2.75) is 37.6 Å². The van der Waals surface area contributed by atoms with E-state index in [1.54, 1.807) is 6.07 Å². The van der Waals surface area contributed by atoms with Crippen molar-refractivity contribution in [3.8, 4) is 5.75 Å². The lowest BCUT2D eigenvalue weighted by Crippen LogP contribution is -2.32. The second-order valence-electron chi connectivity index (χ2n) is 4.98. The smallest absolute Gasteiger partial charge is 0.243 e. The molecule has 2 rings (SSSR count). The van der Waals surface area contributed by atoms with Crippen LogP contribution in [0, 0.1) is 0 Å². The summed E-state index contributed by atoms with van der Waals surface area (Å²) in [5.74, 6) is 0.149. The van der Waals surface area contributed by atoms with E-state index < -0.39 is 10.0 Å². The van der Waals surface area contributed by atoms with Crippen LogP contribution in [0.25, 0.3) is 0 Å². The van der Waals surface area contributed by atoms with E-state index in [-0.39, 0.29) is 16.8 Å². The molecule has 1 aromatic carbocycles. The molecular formula is C14H20N2O4S. The van der Waals surface area contributed by atoms with E-state index in [0.717, 1.165) is 12.8 Å². The average Bonchev–Trinajstić information content (AvgIpc) is 3.23. The van der Waals surface area contributed by atoms with Gasteiger partial charge in [-0.1, -0.05) is 6.92 Å². The fourth-order valence-electron chi connectivity index (χ4n) is 2.26. The standard InChI is InChI=1S/C14H20N2O4S/c1-4-16(11-5-6-11)21(18,19)12-7-8-14(20-3)13(9-12)15-10(2)17/h7-9,11H,4-6H2,1-3H3,(H,15,17). The first-order valence-corrected chi connectivity index (χ1v) is 8.31. The Balaban J connectivity index is 2.41. The Labute approximate surface area is 125 Å². The predicted molar refractivity (Wildman–Crippen MR) is 79.9 cm³/mol. The first-order valence-electron chi connectivity index (χ1n) is 6.87. The molecule has 6 nitrogen and oxygen atoms in total. The Kier molecular flexibility index (Phi) is 4.53. The third-order valence-electron chi connectivity index (χ3n) is 3.35. The minimum atomic E-state index is -3.54. The van der Waals surface area contributed by atoms with Gasteiger partial charge in [-0.05, 0) is 31.0 Å². The molecule has 0 spiro atoms. The maximum atomic E-state index is 12.7. The molecule has 1 N–H and O–H groups in total. The molecule has 0 aromatic heterocycles. The van der Waals surface area contributed by atoms with Crippen LogP contribution in [0.4, 0.5) is 5.69 Å². The number of amides is 1. The van der Waals surface area contributed by atoms with Crippen LogP contribution in [0.3, 0.4) is 0 Å². The van der Waals surface area contributed by atoms with Gasteiger partial charge in [0.15, 0.2) is 0 Å². The zero-order valence-corrected chi connectivity index (χ0v) is 13.2. The summed E-state index contributed by atoms with van der Waals surface area (Å²) in [6, 6.07) is 4.61. The van der Waals surface area contributed by atoms with Crippen LogP contribution in [0.2, 0.25) is 0 Å². The quantitative estimate of drug-likeness (QED) is 0.869. The number of hydrogen-bond acceptors (Lipinski definition) is 4. The molecule has 1 aliphatic rings. The van der Waals surface area contributed by atoms with Crippen molar-refractivity contribution in [1.29, 1.82) is 0 Å². The van der Waals surface area contributed by atoms with Gasteiger partial charge in [-0.3, -0.25) is 4.79 Å². The Hall–Kier alpha value is -1.60. The number of nitrogens with one attached hydrogen (secondary N) is 1. The molecule has 116 valence electrons. The summed E-state index contributed by atoms with van der Waals surface area (Å²) in [6.45, 7) is 3.63. The van der Waals surface area contributed by atoms with E-state index >= 15 is 0 Å². The van der Waals surface area contributed by atoms with Gasteiger partial charge in [0.25, 0.3) is 0 Å². The van der Waals surface area contributed by atoms with Crippen LogP contribution in [0.5, 0.6) is 5.75 Å². The molecule has 0 unspecified atom stereocenters. The fourth-order valence-corrected chi connectivity index (χ4v) is 3.98. The number of hydrogen-bond donors (Lipinski definition) is 1. The first-order chi connectivity index (χ1) is 9.90. The largest absolute Gasteiger partial charge is 0.495 e. The van der Waals surface area contributed by atoms with Crippen LogP contribution in [-0.2, 0) is 14.8 Å². The van der Waals surface area contributed by atoms with Gasteiger partial charge in [0.2, 0.25) is 15.9 Å². The van der Waals surface area contributed by atoms with E-state index in [2.05, 4.69) is 5.32 Å². The van der Waals surface area contributed by atoms with Crippen LogP contribution in [-0.4, -0.2) is 38.3 Å². The number of anilines is 1. The lowest BCUT2D eigenvalue weighted by atomic mass is 10.3. The molecule has 0 saturated heterocycles. The molecule has 0 heterocycles. The summed E-state index contributed by atoms with van der Waals surface area (Å²) in [6.07, 6.45) is 1.81. The second kappa shape index (κ2) is 6.03. The van der Waals surface area contributed by atoms with E-state index in [1.807, 2.05) is 6.92 Å². The summed E-state index contributed by atoms with van der Waals surface area (Å²) >= 11 is 0. The van der Waals surface area contributed by atoms with E-state index in [4.69, 9.17) is 4.74 Å². The summed E-state index contributed by atoms with van der Waals surface area (Å²) in [5.41, 5.74) is 0.359. The number of carbonyl (C=O) groups is 1. The van der Waals surface area contributed by atoms with E-state index in [9.17, 15) is 13.2 Å². The summed E-state index contributed by atoms with van der Waals surface area (Å²) in [4.78, 5) is 11.4. The number of carbonyl (C=O) groups excluding carboxylic acids is 1. The molecule has 1 amide bonds. The van der Waals surface area contributed by atoms with Gasteiger partial charge in [-0.25, -0.2) is 8.42 Å². The number of methoxy groups -OCH3 is 1. The Morgan fingerprint density at radius 2 is 2.10 bits per heavy atom. The Morgan fingerprint density at radius 3 is 2.57 bits per heavy atom. The summed E-state index contributed by atoms with van der Waals surface area (Å²) in [7, 11) is -2.08. The third-order valence-corrected chi connectivity index (χ3v) is 5.38. The van der Waals surface area contributed by atoms with Crippen molar-refractivity contribution in [3.63, 3.8) is 0 Å². The molecule has 7 heteroatoms. The summed E-state index contributed by atoms with van der Waals surface area (Å²) in [5, 5.41) is 2.59. The van der Waals surface area contributed by atoms with Crippen LogP contribution >= 0.6 is 0 Å². The van der Waals surface area contributed by atoms with Crippen LogP contribution in [0.1, 0.15) is 26.7 Å². The van der Waals surface area contributed by atoms with Crippen molar-refractivity contribution in [1.82, 2.24) is 4.31 Å². The molecule has 0 radical (unpaired) electrons. The van der Waals surface area contributed by atoms with Crippen LogP contribution < -0.4 is 10.1 Å². The zero-order chi connectivity index (χ0) is 15.6. The molecule has 0 aliphatic heterocycles. The van der Waals surface area contributed by atoms with Crippen LogP contribution in [0.15, 0.2) is 23.1 Å². The molecule has 1 fully saturated rings. The van der Waals surface area contributed by atoms with Crippen molar-refractivity contribution < 1.29 is 17.9 Å². The van der Waals surface area contributed by atoms with Crippen molar-refractivity contribution in [2.75, 3.05) is 19.0 Å². The second-order valence-corrected chi connectivity index (χ2v) is 6.87. The number of sulfonamides is 1. The highest BCUT2D eigenvalue weighted by Gasteiger charge is 2.37. The zero-order valence-electron chi connectivity index (χ0n) is 12.4. The summed E-state index contributed by atoms with van der Waals surface area (Å²) < 4.78 is 32.0. The number of benzene rings is 1. The lowest BCUT2D eigenvalue weighted by Gasteiger charge is -2.20. The normalized spacial score (nSPS) is 15.0. The molecule has 0 bridgehead atoms. The topological polar surface area (TPSA) is 75.7 Å². The molecule has 1 aromatic rings. The van der Waals surface area contributed by atoms with E-state index in [0.29, 0.717) is 18.0 Å². The number of rotatable bonds is 6. The molecule has 1 saturated carbocycles. The molecular weight excluding hydrogens is 292 g/mol. The maximum absolute atomic E-state index is 12.7. The van der Waals surface area contributed by atoms with Gasteiger partial charge in [-0.2, -0.15) is 4.31 Å². The van der Waals surface area contributed by atoms with Gasteiger partial charge in [0.05, 0.1) is 17.7 Å². The van der Waals surface area contributed by atoms with Gasteiger partial charge in [0.1, 0.15) is 5.75 Å². The molecule has 21 heavy (non-hydrogen) atoms. The average molecular weight is 312 g/mol. The first kappa shape index (κ1) is 15.8. The van der Waals surface area contributed by atoms with Gasteiger partial charge < -0.3 is 10.1 Å². The molecule has 0 atom stereocenters. The minimum Gasteiger partial charge on any atom is -0.495 e. The van der Waals surface area contributed by atoms with Gasteiger partial charge in [0, 0.05) is 19.5 Å². The predicted octanol–water partition coefficient (Wildman–Crippen LogP) is 1.83. The SMILES string of the molecule is CCN(C1CC1)S(=O)(=O)c1ccc(OC)c(NC(C)=O)c1. The highest BCUT2D eigenvalue weighted by atomic mass is 32.2. The number of nitrogens with zero attached hydrogens (tertiary/aromatic N) is 1. The number of ether oxygens (including phenoxy) is 1. The Morgan fingerprint density at radius 1 is 1.43 bits per heavy atom. The fraction of sp³-hybridized carbons (Fsp3) is 0.500. The third kappa shape index (κ3) is 3.36. The Bertz CT molecular complexity index is 638. The molecule has 1 aliphatic carbocycles. The van der Waals surface area contributed by atoms with Gasteiger partial charge >= 0.3 is 0 Å². The van der Waals surface area contributed by atoms with E-state index in [1.165, 1.54) is 30.5 Å². The van der Waals surface area contributed by atoms with Crippen molar-refractivity contribution in [2.24, 2.45) is 0 Å². The highest BCUT2D eigenvalue weighted by Crippen LogP contribution is 2.34. The monoisotopic (exact) mass is 312 g/mol. The van der Waals surface area contributed by atoms with Crippen molar-refractivity contribution in [3.05, 3.63) is 18.2 Å². The van der Waals surface area contributed by atoms with Crippen molar-refractivity contribution >= 4 is 21.6 Å².